The fourth-order valence-electron chi connectivity index (χ4n) is 2.61. The maximum Gasteiger partial charge on any atom is 0.251 e. The lowest BCUT2D eigenvalue weighted by atomic mass is 9.80. The van der Waals surface area contributed by atoms with E-state index in [1.165, 1.54) is 19.3 Å². The minimum atomic E-state index is 0.0505. The van der Waals surface area contributed by atoms with Crippen molar-refractivity contribution in [2.24, 2.45) is 5.92 Å². The Morgan fingerprint density at radius 2 is 2.15 bits per heavy atom. The molecule has 0 aromatic heterocycles. The lowest BCUT2D eigenvalue weighted by molar-refractivity contribution is 0.0909. The number of benzene rings is 1. The molecule has 1 atom stereocenters. The molecule has 0 spiro atoms. The van der Waals surface area contributed by atoms with Crippen LogP contribution in [0.15, 0.2) is 18.2 Å². The summed E-state index contributed by atoms with van der Waals surface area (Å²) < 4.78 is 0. The van der Waals surface area contributed by atoms with Gasteiger partial charge in [0, 0.05) is 23.8 Å². The monoisotopic (exact) mass is 274 g/mol. The summed E-state index contributed by atoms with van der Waals surface area (Å²) in [6.45, 7) is 7.27. The molecule has 20 heavy (non-hydrogen) atoms. The van der Waals surface area contributed by atoms with E-state index in [-0.39, 0.29) is 11.9 Å². The third-order valence-corrected chi connectivity index (χ3v) is 4.27. The van der Waals surface area contributed by atoms with Crippen molar-refractivity contribution < 1.29 is 4.79 Å². The molecule has 1 unspecified atom stereocenters. The van der Waals surface area contributed by atoms with Crippen LogP contribution in [0.4, 0.5) is 5.69 Å². The van der Waals surface area contributed by atoms with Gasteiger partial charge in [-0.15, -0.1) is 0 Å². The summed E-state index contributed by atoms with van der Waals surface area (Å²) in [6.07, 6.45) is 4.91. The Labute approximate surface area is 122 Å². The quantitative estimate of drug-likeness (QED) is 0.829. The van der Waals surface area contributed by atoms with Gasteiger partial charge in [0.05, 0.1) is 0 Å². The van der Waals surface area contributed by atoms with Gasteiger partial charge >= 0.3 is 0 Å². The first-order chi connectivity index (χ1) is 9.61. The van der Waals surface area contributed by atoms with Gasteiger partial charge in [0.1, 0.15) is 0 Å². The maximum absolute atomic E-state index is 12.2. The molecule has 1 aliphatic carbocycles. The van der Waals surface area contributed by atoms with Crippen LogP contribution < -0.4 is 10.6 Å². The highest BCUT2D eigenvalue weighted by molar-refractivity contribution is 5.95. The number of nitrogens with one attached hydrogen (secondary N) is 2. The Bertz CT molecular complexity index is 466. The molecule has 1 saturated carbocycles. The average molecular weight is 274 g/mol. The van der Waals surface area contributed by atoms with Gasteiger partial charge in [-0.3, -0.25) is 4.79 Å². The highest BCUT2D eigenvalue weighted by Crippen LogP contribution is 2.29. The van der Waals surface area contributed by atoms with E-state index in [0.717, 1.165) is 29.8 Å². The molecular formula is C17H26N2O. The summed E-state index contributed by atoms with van der Waals surface area (Å²) in [6, 6.07) is 6.18. The van der Waals surface area contributed by atoms with Crippen molar-refractivity contribution in [1.29, 1.82) is 0 Å². The summed E-state index contributed by atoms with van der Waals surface area (Å²) in [5, 5.41) is 6.50. The molecule has 2 N–H and O–H groups in total. The third kappa shape index (κ3) is 3.53. The van der Waals surface area contributed by atoms with Crippen LogP contribution in [0.5, 0.6) is 0 Å². The number of rotatable bonds is 6. The minimum Gasteiger partial charge on any atom is -0.385 e. The minimum absolute atomic E-state index is 0.0505. The fourth-order valence-corrected chi connectivity index (χ4v) is 2.61. The van der Waals surface area contributed by atoms with E-state index in [9.17, 15) is 4.79 Å². The Kier molecular flexibility index (Phi) is 5.05. The van der Waals surface area contributed by atoms with Gasteiger partial charge in [-0.05, 0) is 62.8 Å². The van der Waals surface area contributed by atoms with Crippen molar-refractivity contribution in [1.82, 2.24) is 5.32 Å². The topological polar surface area (TPSA) is 41.1 Å². The van der Waals surface area contributed by atoms with Gasteiger partial charge in [-0.2, -0.15) is 0 Å². The number of hydrogen-bond donors (Lipinski definition) is 2. The van der Waals surface area contributed by atoms with E-state index in [2.05, 4.69) is 24.5 Å². The van der Waals surface area contributed by atoms with Crippen LogP contribution in [0.1, 0.15) is 55.5 Å². The molecule has 0 radical (unpaired) electrons. The maximum atomic E-state index is 12.2. The molecule has 1 aliphatic rings. The van der Waals surface area contributed by atoms with Gasteiger partial charge in [-0.1, -0.05) is 13.3 Å². The van der Waals surface area contributed by atoms with Crippen LogP contribution in [0.25, 0.3) is 0 Å². The van der Waals surface area contributed by atoms with E-state index in [1.54, 1.807) is 0 Å². The summed E-state index contributed by atoms with van der Waals surface area (Å²) in [4.78, 5) is 12.2. The molecule has 1 aromatic rings. The van der Waals surface area contributed by atoms with E-state index in [1.807, 2.05) is 25.1 Å². The molecule has 0 saturated heterocycles. The number of amides is 1. The Hall–Kier alpha value is -1.51. The van der Waals surface area contributed by atoms with Crippen LogP contribution in [-0.2, 0) is 0 Å². The number of carbonyl (C=O) groups is 1. The Morgan fingerprint density at radius 3 is 2.70 bits per heavy atom. The van der Waals surface area contributed by atoms with Crippen LogP contribution in [0, 0.1) is 12.8 Å². The van der Waals surface area contributed by atoms with Crippen LogP contribution in [0.2, 0.25) is 0 Å². The zero-order valence-electron chi connectivity index (χ0n) is 12.8. The van der Waals surface area contributed by atoms with E-state index in [0.29, 0.717) is 5.92 Å². The Morgan fingerprint density at radius 1 is 1.40 bits per heavy atom. The molecule has 0 bridgehead atoms. The van der Waals surface area contributed by atoms with Crippen LogP contribution in [0.3, 0.4) is 0 Å². The van der Waals surface area contributed by atoms with Gasteiger partial charge < -0.3 is 10.6 Å². The smallest absolute Gasteiger partial charge is 0.251 e. The third-order valence-electron chi connectivity index (χ3n) is 4.27. The zero-order chi connectivity index (χ0) is 14.5. The molecule has 1 fully saturated rings. The number of aryl methyl sites for hydroxylation is 1. The summed E-state index contributed by atoms with van der Waals surface area (Å²) in [5.74, 6) is 0.722. The largest absolute Gasteiger partial charge is 0.385 e. The molecule has 0 aliphatic heterocycles. The highest BCUT2D eigenvalue weighted by atomic mass is 16.1. The first-order valence-electron chi connectivity index (χ1n) is 7.77. The molecule has 2 rings (SSSR count). The second-order valence-electron chi connectivity index (χ2n) is 5.91. The second-order valence-corrected chi connectivity index (χ2v) is 5.91. The SMILES string of the molecule is CCCNc1ccc(C(=O)NC(C)C2CCC2)cc1C. The van der Waals surface area contributed by atoms with Crippen molar-refractivity contribution >= 4 is 11.6 Å². The lowest BCUT2D eigenvalue weighted by Crippen LogP contribution is -2.40. The van der Waals surface area contributed by atoms with Crippen molar-refractivity contribution in [2.75, 3.05) is 11.9 Å². The number of anilines is 1. The molecule has 3 nitrogen and oxygen atoms in total. The zero-order valence-corrected chi connectivity index (χ0v) is 12.8. The molecule has 0 heterocycles. The predicted octanol–water partition coefficient (Wildman–Crippen LogP) is 3.74. The lowest BCUT2D eigenvalue weighted by Gasteiger charge is -2.31. The van der Waals surface area contributed by atoms with Crippen molar-refractivity contribution in [3.63, 3.8) is 0 Å². The summed E-state index contributed by atoms with van der Waals surface area (Å²) in [5.41, 5.74) is 3.01. The molecule has 3 heteroatoms. The first kappa shape index (κ1) is 14.9. The summed E-state index contributed by atoms with van der Waals surface area (Å²) >= 11 is 0. The molecular weight excluding hydrogens is 248 g/mol. The van der Waals surface area contributed by atoms with E-state index < -0.39 is 0 Å². The van der Waals surface area contributed by atoms with Crippen molar-refractivity contribution in [3.8, 4) is 0 Å². The average Bonchev–Trinajstić information content (AvgIpc) is 2.35. The molecule has 110 valence electrons. The highest BCUT2D eigenvalue weighted by Gasteiger charge is 2.25. The molecule has 1 amide bonds. The summed E-state index contributed by atoms with van der Waals surface area (Å²) in [7, 11) is 0. The Balaban J connectivity index is 1.97. The predicted molar refractivity (Wildman–Crippen MR) is 84.2 cm³/mol. The fraction of sp³-hybridized carbons (Fsp3) is 0.588. The van der Waals surface area contributed by atoms with Crippen molar-refractivity contribution in [2.45, 2.75) is 52.5 Å². The van der Waals surface area contributed by atoms with Gasteiger partial charge in [0.15, 0.2) is 0 Å². The van der Waals surface area contributed by atoms with E-state index >= 15 is 0 Å². The van der Waals surface area contributed by atoms with Gasteiger partial charge in [0.25, 0.3) is 5.91 Å². The second kappa shape index (κ2) is 6.78. The van der Waals surface area contributed by atoms with Gasteiger partial charge in [0.2, 0.25) is 0 Å². The van der Waals surface area contributed by atoms with Gasteiger partial charge in [-0.25, -0.2) is 0 Å². The first-order valence-corrected chi connectivity index (χ1v) is 7.77. The standard InChI is InChI=1S/C17H26N2O/c1-4-10-18-16-9-8-15(11-12(16)2)17(20)19-13(3)14-6-5-7-14/h8-9,11,13-14,18H,4-7,10H2,1-3H3,(H,19,20). The normalized spacial score (nSPS) is 16.4. The van der Waals surface area contributed by atoms with Crippen LogP contribution >= 0.6 is 0 Å². The van der Waals surface area contributed by atoms with Crippen LogP contribution in [-0.4, -0.2) is 18.5 Å². The van der Waals surface area contributed by atoms with Crippen molar-refractivity contribution in [3.05, 3.63) is 29.3 Å². The number of hydrogen-bond acceptors (Lipinski definition) is 2. The molecule has 1 aromatic carbocycles. The number of carbonyl (C=O) groups excluding carboxylic acids is 1. The van der Waals surface area contributed by atoms with E-state index in [4.69, 9.17) is 0 Å².